The first-order valence-corrected chi connectivity index (χ1v) is 9.23. The zero-order valence-electron chi connectivity index (χ0n) is 13.8. The Labute approximate surface area is 145 Å². The molecule has 0 spiro atoms. The summed E-state index contributed by atoms with van der Waals surface area (Å²) in [6.45, 7) is 6.43. The van der Waals surface area contributed by atoms with Crippen LogP contribution in [0, 0.1) is 0 Å². The zero-order valence-corrected chi connectivity index (χ0v) is 14.6. The third-order valence-corrected chi connectivity index (χ3v) is 5.46. The molecule has 126 valence electrons. The van der Waals surface area contributed by atoms with Gasteiger partial charge in [-0.25, -0.2) is 0 Å². The van der Waals surface area contributed by atoms with E-state index in [-0.39, 0.29) is 0 Å². The molecule has 0 radical (unpaired) electrons. The lowest BCUT2D eigenvalue weighted by Crippen LogP contribution is -2.36. The fourth-order valence-corrected chi connectivity index (χ4v) is 4.18. The van der Waals surface area contributed by atoms with Gasteiger partial charge in [0.15, 0.2) is 5.82 Å². The second kappa shape index (κ2) is 6.96. The van der Waals surface area contributed by atoms with Crippen molar-refractivity contribution in [1.29, 1.82) is 0 Å². The van der Waals surface area contributed by atoms with Gasteiger partial charge in [0.1, 0.15) is 5.01 Å². The van der Waals surface area contributed by atoms with Crippen molar-refractivity contribution in [2.24, 2.45) is 0 Å². The van der Waals surface area contributed by atoms with Crippen LogP contribution < -0.4 is 0 Å². The molecule has 1 aromatic carbocycles. The Hall–Kier alpha value is -1.83. The van der Waals surface area contributed by atoms with Gasteiger partial charge in [-0.3, -0.25) is 4.90 Å². The second-order valence-electron chi connectivity index (χ2n) is 6.01. The summed E-state index contributed by atoms with van der Waals surface area (Å²) in [6, 6.07) is 10.6. The first-order chi connectivity index (χ1) is 11.8. The number of nitrogens with zero attached hydrogens (tertiary/aromatic N) is 5. The molecule has 24 heavy (non-hydrogen) atoms. The van der Waals surface area contributed by atoms with E-state index in [1.54, 1.807) is 11.3 Å². The van der Waals surface area contributed by atoms with E-state index in [1.165, 1.54) is 5.56 Å². The van der Waals surface area contributed by atoms with Gasteiger partial charge in [0.2, 0.25) is 4.96 Å². The molecule has 0 unspecified atom stereocenters. The van der Waals surface area contributed by atoms with Gasteiger partial charge in [-0.05, 0) is 12.0 Å². The Balaban J connectivity index is 1.61. The van der Waals surface area contributed by atoms with Gasteiger partial charge in [-0.2, -0.15) is 9.61 Å². The zero-order chi connectivity index (χ0) is 16.4. The Bertz CT molecular complexity index is 794. The van der Waals surface area contributed by atoms with E-state index < -0.39 is 0 Å². The molecule has 3 heterocycles. The molecule has 7 heteroatoms. The monoisotopic (exact) mass is 343 g/mol. The summed E-state index contributed by atoms with van der Waals surface area (Å²) in [4.78, 5) is 3.22. The predicted molar refractivity (Wildman–Crippen MR) is 93.3 cm³/mol. The molecule has 1 atom stereocenters. The van der Waals surface area contributed by atoms with E-state index in [1.807, 2.05) is 4.52 Å². The minimum atomic E-state index is 0.314. The van der Waals surface area contributed by atoms with Crippen LogP contribution in [0.15, 0.2) is 30.3 Å². The molecule has 0 amide bonds. The lowest BCUT2D eigenvalue weighted by molar-refractivity contribution is 0.0328. The normalized spacial score (nSPS) is 17.4. The molecule has 0 bridgehead atoms. The van der Waals surface area contributed by atoms with Crippen molar-refractivity contribution in [1.82, 2.24) is 24.7 Å². The van der Waals surface area contributed by atoms with Crippen molar-refractivity contribution < 1.29 is 4.74 Å². The Morgan fingerprint density at radius 2 is 1.96 bits per heavy atom. The van der Waals surface area contributed by atoms with Crippen molar-refractivity contribution >= 4 is 16.3 Å². The van der Waals surface area contributed by atoms with Crippen molar-refractivity contribution in [2.75, 3.05) is 26.3 Å². The summed E-state index contributed by atoms with van der Waals surface area (Å²) >= 11 is 1.64. The van der Waals surface area contributed by atoms with Crippen LogP contribution >= 0.6 is 11.3 Å². The lowest BCUT2D eigenvalue weighted by atomic mass is 9.97. The number of ether oxygens (including phenoxy) is 1. The minimum absolute atomic E-state index is 0.314. The molecular weight excluding hydrogens is 322 g/mol. The fourth-order valence-electron chi connectivity index (χ4n) is 3.11. The van der Waals surface area contributed by atoms with Crippen LogP contribution in [-0.2, 0) is 11.3 Å². The average molecular weight is 343 g/mol. The highest BCUT2D eigenvalue weighted by Crippen LogP contribution is 2.31. The largest absolute Gasteiger partial charge is 0.379 e. The molecule has 2 aromatic heterocycles. The van der Waals surface area contributed by atoms with Crippen molar-refractivity contribution in [3.63, 3.8) is 0 Å². The van der Waals surface area contributed by atoms with Gasteiger partial charge in [0, 0.05) is 19.0 Å². The first kappa shape index (κ1) is 15.7. The third kappa shape index (κ3) is 3.07. The molecule has 6 nitrogen and oxygen atoms in total. The topological polar surface area (TPSA) is 55.5 Å². The summed E-state index contributed by atoms with van der Waals surface area (Å²) < 4.78 is 7.33. The summed E-state index contributed by atoms with van der Waals surface area (Å²) in [5.41, 5.74) is 1.31. The van der Waals surface area contributed by atoms with Crippen LogP contribution in [-0.4, -0.2) is 51.0 Å². The highest BCUT2D eigenvalue weighted by Gasteiger charge is 2.21. The van der Waals surface area contributed by atoms with Gasteiger partial charge in [0.25, 0.3) is 0 Å². The molecular formula is C17H21N5OS. The van der Waals surface area contributed by atoms with Crippen LogP contribution in [0.25, 0.3) is 4.96 Å². The summed E-state index contributed by atoms with van der Waals surface area (Å²) in [7, 11) is 0. The molecule has 1 aliphatic heterocycles. The van der Waals surface area contributed by atoms with Gasteiger partial charge in [-0.1, -0.05) is 48.6 Å². The van der Waals surface area contributed by atoms with Crippen LogP contribution in [0.5, 0.6) is 0 Å². The van der Waals surface area contributed by atoms with E-state index in [2.05, 4.69) is 52.4 Å². The molecule has 1 fully saturated rings. The molecule has 0 saturated carbocycles. The van der Waals surface area contributed by atoms with E-state index >= 15 is 0 Å². The average Bonchev–Trinajstić information content (AvgIpc) is 3.20. The maximum Gasteiger partial charge on any atom is 0.234 e. The van der Waals surface area contributed by atoms with Crippen LogP contribution in [0.3, 0.4) is 0 Å². The van der Waals surface area contributed by atoms with Crippen molar-refractivity contribution in [3.8, 4) is 0 Å². The Morgan fingerprint density at radius 1 is 1.17 bits per heavy atom. The van der Waals surface area contributed by atoms with E-state index in [0.717, 1.165) is 55.1 Å². The van der Waals surface area contributed by atoms with E-state index in [4.69, 9.17) is 9.84 Å². The highest BCUT2D eigenvalue weighted by molar-refractivity contribution is 7.16. The van der Waals surface area contributed by atoms with E-state index in [9.17, 15) is 0 Å². The lowest BCUT2D eigenvalue weighted by Gasteiger charge is -2.25. The summed E-state index contributed by atoms with van der Waals surface area (Å²) in [5, 5.41) is 14.6. The fraction of sp³-hybridized carbons (Fsp3) is 0.471. The van der Waals surface area contributed by atoms with Crippen molar-refractivity contribution in [3.05, 3.63) is 46.7 Å². The minimum Gasteiger partial charge on any atom is -0.379 e. The summed E-state index contributed by atoms with van der Waals surface area (Å²) in [5.74, 6) is 1.23. The maximum atomic E-state index is 5.41. The molecule has 0 aliphatic carbocycles. The van der Waals surface area contributed by atoms with Gasteiger partial charge < -0.3 is 4.74 Å². The van der Waals surface area contributed by atoms with E-state index in [0.29, 0.717) is 5.92 Å². The third-order valence-electron chi connectivity index (χ3n) is 4.45. The number of rotatable bonds is 5. The molecule has 0 N–H and O–H groups in total. The van der Waals surface area contributed by atoms with Gasteiger partial charge >= 0.3 is 0 Å². The second-order valence-corrected chi connectivity index (χ2v) is 7.00. The summed E-state index contributed by atoms with van der Waals surface area (Å²) in [6.07, 6.45) is 1.02. The number of hydrogen-bond donors (Lipinski definition) is 0. The number of hydrogen-bond acceptors (Lipinski definition) is 6. The quantitative estimate of drug-likeness (QED) is 0.713. The van der Waals surface area contributed by atoms with Crippen molar-refractivity contribution in [2.45, 2.75) is 25.8 Å². The smallest absolute Gasteiger partial charge is 0.234 e. The van der Waals surface area contributed by atoms with Crippen LogP contribution in [0.2, 0.25) is 0 Å². The number of fused-ring (bicyclic) bond motifs is 1. The SMILES string of the molecule is CC[C@@H](c1ccccc1)c1nn2c(CN3CCOCC3)nnc2s1. The molecule has 4 rings (SSSR count). The Morgan fingerprint density at radius 3 is 2.71 bits per heavy atom. The van der Waals surface area contributed by atoms with Crippen LogP contribution in [0.4, 0.5) is 0 Å². The molecule has 1 aliphatic rings. The number of aromatic nitrogens is 4. The highest BCUT2D eigenvalue weighted by atomic mass is 32.1. The van der Waals surface area contributed by atoms with Gasteiger partial charge in [-0.15, -0.1) is 10.2 Å². The number of morpholine rings is 1. The first-order valence-electron chi connectivity index (χ1n) is 8.41. The standard InChI is InChI=1S/C17H21N5OS/c1-2-14(13-6-4-3-5-7-13)16-20-22-15(18-19-17(22)24-16)12-21-8-10-23-11-9-21/h3-7,14H,2,8-12H2,1H3/t14-/m0/s1. The van der Waals surface area contributed by atoms with Gasteiger partial charge in [0.05, 0.1) is 19.8 Å². The maximum absolute atomic E-state index is 5.41. The molecule has 3 aromatic rings. The predicted octanol–water partition coefficient (Wildman–Crippen LogP) is 2.56. The van der Waals surface area contributed by atoms with Crippen LogP contribution in [0.1, 0.15) is 35.7 Å². The Kier molecular flexibility index (Phi) is 4.55. The number of benzene rings is 1. The molecule has 1 saturated heterocycles.